The van der Waals surface area contributed by atoms with Gasteiger partial charge >= 0.3 is 5.97 Å². The Balaban J connectivity index is 2.20. The molecular formula is C15H13ClO4. The molecule has 4 nitrogen and oxygen atoms in total. The number of ether oxygens (including phenoxy) is 1. The normalized spacial score (nSPS) is 10.3. The minimum Gasteiger partial charge on any atom is -0.505 e. The van der Waals surface area contributed by atoms with E-state index in [-0.39, 0.29) is 10.6 Å². The Kier molecular flexibility index (Phi) is 4.15. The highest BCUT2D eigenvalue weighted by Crippen LogP contribution is 2.32. The molecule has 2 N–H and O–H groups in total. The van der Waals surface area contributed by atoms with E-state index in [0.29, 0.717) is 12.4 Å². The number of aromatic hydroxyl groups is 1. The molecule has 0 saturated heterocycles. The second-order valence-electron chi connectivity index (χ2n) is 4.38. The van der Waals surface area contributed by atoms with Gasteiger partial charge in [-0.3, -0.25) is 0 Å². The standard InChI is InChI=1S/C15H13ClO4/c1-9-3-2-4-10(5-9)8-20-11-6-12(15(18)19)14(17)13(16)7-11/h2-7,17H,8H2,1H3,(H,18,19). The highest BCUT2D eigenvalue weighted by Gasteiger charge is 2.15. The van der Waals surface area contributed by atoms with E-state index in [1.807, 2.05) is 31.2 Å². The van der Waals surface area contributed by atoms with Crippen molar-refractivity contribution in [3.05, 3.63) is 58.1 Å². The minimum absolute atomic E-state index is 0.0517. The van der Waals surface area contributed by atoms with Gasteiger partial charge in [-0.15, -0.1) is 0 Å². The molecule has 0 aliphatic heterocycles. The molecule has 20 heavy (non-hydrogen) atoms. The average molecular weight is 293 g/mol. The Bertz CT molecular complexity index is 652. The monoisotopic (exact) mass is 292 g/mol. The molecule has 0 aliphatic carbocycles. The van der Waals surface area contributed by atoms with Crippen LogP contribution in [0.4, 0.5) is 0 Å². The predicted octanol–water partition coefficient (Wildman–Crippen LogP) is 3.63. The lowest BCUT2D eigenvalue weighted by molar-refractivity contribution is 0.0693. The summed E-state index contributed by atoms with van der Waals surface area (Å²) >= 11 is 5.78. The number of carboxylic acids is 1. The summed E-state index contributed by atoms with van der Waals surface area (Å²) in [4.78, 5) is 11.0. The summed E-state index contributed by atoms with van der Waals surface area (Å²) in [6.07, 6.45) is 0. The van der Waals surface area contributed by atoms with Crippen LogP contribution in [0.5, 0.6) is 11.5 Å². The van der Waals surface area contributed by atoms with Gasteiger partial charge in [0.15, 0.2) is 0 Å². The summed E-state index contributed by atoms with van der Waals surface area (Å²) in [7, 11) is 0. The van der Waals surface area contributed by atoms with Crippen molar-refractivity contribution < 1.29 is 19.7 Å². The lowest BCUT2D eigenvalue weighted by atomic mass is 10.1. The molecule has 0 fully saturated rings. The van der Waals surface area contributed by atoms with E-state index in [9.17, 15) is 9.90 Å². The molecule has 0 radical (unpaired) electrons. The quantitative estimate of drug-likeness (QED) is 0.903. The fourth-order valence-electron chi connectivity index (χ4n) is 1.79. The van der Waals surface area contributed by atoms with Gasteiger partial charge in [0.05, 0.1) is 5.02 Å². The number of carboxylic acid groups (broad SMARTS) is 1. The highest BCUT2D eigenvalue weighted by atomic mass is 35.5. The van der Waals surface area contributed by atoms with Crippen molar-refractivity contribution >= 4 is 17.6 Å². The number of rotatable bonds is 4. The summed E-state index contributed by atoms with van der Waals surface area (Å²) < 4.78 is 5.51. The second-order valence-corrected chi connectivity index (χ2v) is 4.79. The third-order valence-electron chi connectivity index (χ3n) is 2.76. The van der Waals surface area contributed by atoms with Crippen molar-refractivity contribution in [1.29, 1.82) is 0 Å². The van der Waals surface area contributed by atoms with Gasteiger partial charge in [0.2, 0.25) is 0 Å². The Morgan fingerprint density at radius 1 is 1.30 bits per heavy atom. The number of halogens is 1. The van der Waals surface area contributed by atoms with Gasteiger partial charge in [-0.2, -0.15) is 0 Å². The van der Waals surface area contributed by atoms with Crippen molar-refractivity contribution in [2.24, 2.45) is 0 Å². The molecule has 0 atom stereocenters. The van der Waals surface area contributed by atoms with E-state index in [0.717, 1.165) is 11.1 Å². The Hall–Kier alpha value is -2.20. The van der Waals surface area contributed by atoms with E-state index in [4.69, 9.17) is 21.4 Å². The maximum atomic E-state index is 11.0. The number of benzene rings is 2. The van der Waals surface area contributed by atoms with Crippen LogP contribution in [0.3, 0.4) is 0 Å². The molecule has 5 heteroatoms. The Morgan fingerprint density at radius 2 is 2.05 bits per heavy atom. The number of phenols is 1. The molecule has 0 aromatic heterocycles. The highest BCUT2D eigenvalue weighted by molar-refractivity contribution is 6.32. The molecule has 0 saturated carbocycles. The zero-order valence-electron chi connectivity index (χ0n) is 10.8. The van der Waals surface area contributed by atoms with Gasteiger partial charge in [0.25, 0.3) is 0 Å². The topological polar surface area (TPSA) is 66.8 Å². The summed E-state index contributed by atoms with van der Waals surface area (Å²) in [6.45, 7) is 2.27. The van der Waals surface area contributed by atoms with Crippen LogP contribution in [-0.4, -0.2) is 16.2 Å². The zero-order valence-corrected chi connectivity index (χ0v) is 11.5. The third-order valence-corrected chi connectivity index (χ3v) is 3.04. The maximum absolute atomic E-state index is 11.0. The summed E-state index contributed by atoms with van der Waals surface area (Å²) in [5, 5.41) is 18.5. The van der Waals surface area contributed by atoms with Gasteiger partial charge in [-0.25, -0.2) is 4.79 Å². The van der Waals surface area contributed by atoms with Gasteiger partial charge in [0.1, 0.15) is 23.7 Å². The summed E-state index contributed by atoms with van der Waals surface area (Å²) in [5.41, 5.74) is 1.80. The number of hydrogen-bond acceptors (Lipinski definition) is 3. The van der Waals surface area contributed by atoms with E-state index in [2.05, 4.69) is 0 Å². The number of hydrogen-bond donors (Lipinski definition) is 2. The zero-order chi connectivity index (χ0) is 14.7. The van der Waals surface area contributed by atoms with Crippen molar-refractivity contribution in [1.82, 2.24) is 0 Å². The average Bonchev–Trinajstić information content (AvgIpc) is 2.39. The van der Waals surface area contributed by atoms with Crippen molar-refractivity contribution in [2.75, 3.05) is 0 Å². The van der Waals surface area contributed by atoms with E-state index in [1.54, 1.807) is 0 Å². The molecule has 2 rings (SSSR count). The molecule has 0 bridgehead atoms. The van der Waals surface area contributed by atoms with Crippen molar-refractivity contribution in [3.63, 3.8) is 0 Å². The van der Waals surface area contributed by atoms with Crippen molar-refractivity contribution in [2.45, 2.75) is 13.5 Å². The Morgan fingerprint density at radius 3 is 2.70 bits per heavy atom. The minimum atomic E-state index is -1.26. The van der Waals surface area contributed by atoms with Crippen LogP contribution in [0.15, 0.2) is 36.4 Å². The van der Waals surface area contributed by atoms with Crippen LogP contribution in [0.1, 0.15) is 21.5 Å². The molecule has 0 spiro atoms. The van der Waals surface area contributed by atoms with Gasteiger partial charge in [0, 0.05) is 6.07 Å². The van der Waals surface area contributed by atoms with E-state index >= 15 is 0 Å². The van der Waals surface area contributed by atoms with Crippen LogP contribution >= 0.6 is 11.6 Å². The molecule has 2 aromatic carbocycles. The van der Waals surface area contributed by atoms with E-state index in [1.165, 1.54) is 12.1 Å². The predicted molar refractivity (Wildman–Crippen MR) is 75.6 cm³/mol. The first-order chi connectivity index (χ1) is 9.47. The summed E-state index contributed by atoms with van der Waals surface area (Å²) in [6, 6.07) is 10.4. The number of aryl methyl sites for hydroxylation is 1. The van der Waals surface area contributed by atoms with Crippen LogP contribution in [0.2, 0.25) is 5.02 Å². The van der Waals surface area contributed by atoms with Crippen LogP contribution in [-0.2, 0) is 6.61 Å². The second kappa shape index (κ2) is 5.84. The fraction of sp³-hybridized carbons (Fsp3) is 0.133. The van der Waals surface area contributed by atoms with E-state index < -0.39 is 11.7 Å². The molecule has 0 unspecified atom stereocenters. The molecule has 104 valence electrons. The first-order valence-corrected chi connectivity index (χ1v) is 6.29. The Labute approximate surface area is 121 Å². The number of aromatic carboxylic acids is 1. The largest absolute Gasteiger partial charge is 0.505 e. The lowest BCUT2D eigenvalue weighted by Crippen LogP contribution is -2.00. The molecule has 0 amide bonds. The third kappa shape index (κ3) is 3.22. The smallest absolute Gasteiger partial charge is 0.339 e. The van der Waals surface area contributed by atoms with Crippen molar-refractivity contribution in [3.8, 4) is 11.5 Å². The molecular weight excluding hydrogens is 280 g/mol. The molecule has 0 aliphatic rings. The maximum Gasteiger partial charge on any atom is 0.339 e. The number of carbonyl (C=O) groups is 1. The van der Waals surface area contributed by atoms with Crippen LogP contribution in [0, 0.1) is 6.92 Å². The van der Waals surface area contributed by atoms with Gasteiger partial charge < -0.3 is 14.9 Å². The molecule has 2 aromatic rings. The fourth-order valence-corrected chi connectivity index (χ4v) is 2.00. The lowest BCUT2D eigenvalue weighted by Gasteiger charge is -2.09. The van der Waals surface area contributed by atoms with Crippen LogP contribution in [0.25, 0.3) is 0 Å². The molecule has 0 heterocycles. The summed E-state index contributed by atoms with van der Waals surface area (Å²) in [5.74, 6) is -1.42. The van der Waals surface area contributed by atoms with Gasteiger partial charge in [-0.05, 0) is 18.6 Å². The SMILES string of the molecule is Cc1cccc(COc2cc(Cl)c(O)c(C(=O)O)c2)c1. The first-order valence-electron chi connectivity index (χ1n) is 5.91. The first kappa shape index (κ1) is 14.2. The van der Waals surface area contributed by atoms with Gasteiger partial charge in [-0.1, -0.05) is 41.4 Å². The van der Waals surface area contributed by atoms with Crippen LogP contribution < -0.4 is 4.74 Å².